The van der Waals surface area contributed by atoms with Gasteiger partial charge in [0, 0.05) is 25.0 Å². The largest absolute Gasteiger partial charge is 0.483 e. The van der Waals surface area contributed by atoms with Crippen LogP contribution in [0.2, 0.25) is 0 Å². The molecule has 0 unspecified atom stereocenters. The summed E-state index contributed by atoms with van der Waals surface area (Å²) >= 11 is 1.40. The van der Waals surface area contributed by atoms with E-state index in [-0.39, 0.29) is 24.1 Å². The highest BCUT2D eigenvalue weighted by Gasteiger charge is 2.19. The van der Waals surface area contributed by atoms with Crippen molar-refractivity contribution in [3.8, 4) is 5.75 Å². The van der Waals surface area contributed by atoms with E-state index in [9.17, 15) is 14.5 Å². The average molecular weight is 432 g/mol. The molecule has 0 aliphatic heterocycles. The minimum absolute atomic E-state index is 0.0410. The van der Waals surface area contributed by atoms with Gasteiger partial charge in [-0.1, -0.05) is 36.0 Å². The Morgan fingerprint density at radius 2 is 2.03 bits per heavy atom. The molecule has 0 fully saturated rings. The lowest BCUT2D eigenvalue weighted by Crippen LogP contribution is -2.16. The predicted molar refractivity (Wildman–Crippen MR) is 110 cm³/mol. The number of benzene rings is 2. The van der Waals surface area contributed by atoms with E-state index in [4.69, 9.17) is 9.47 Å². The maximum absolute atomic E-state index is 13.8. The minimum Gasteiger partial charge on any atom is -0.483 e. The monoisotopic (exact) mass is 432 g/mol. The lowest BCUT2D eigenvalue weighted by molar-refractivity contribution is -0.384. The molecular weight excluding hydrogens is 411 g/mol. The van der Waals surface area contributed by atoms with Gasteiger partial charge in [0.15, 0.2) is 22.5 Å². The first-order chi connectivity index (χ1) is 14.5. The molecule has 2 aromatic carbocycles. The molecule has 1 atom stereocenters. The van der Waals surface area contributed by atoms with E-state index < -0.39 is 10.7 Å². The van der Waals surface area contributed by atoms with Crippen LogP contribution in [0.15, 0.2) is 53.7 Å². The molecule has 10 heteroatoms. The van der Waals surface area contributed by atoms with Gasteiger partial charge in [0.2, 0.25) is 0 Å². The SMILES string of the molecule is COC[C@H](C)n1c(COc2ccccc2F)nnc1SCc1cccc([N+](=O)[O-])c1. The molecule has 1 heterocycles. The molecule has 0 radical (unpaired) electrons. The van der Waals surface area contributed by atoms with E-state index in [2.05, 4.69) is 10.2 Å². The summed E-state index contributed by atoms with van der Waals surface area (Å²) in [5.74, 6) is 0.698. The summed E-state index contributed by atoms with van der Waals surface area (Å²) in [5.41, 5.74) is 0.841. The first-order valence-corrected chi connectivity index (χ1v) is 10.1. The molecule has 0 aliphatic rings. The highest BCUT2D eigenvalue weighted by molar-refractivity contribution is 7.98. The summed E-state index contributed by atoms with van der Waals surface area (Å²) in [6.45, 7) is 2.42. The number of halogens is 1. The third kappa shape index (κ3) is 5.33. The van der Waals surface area contributed by atoms with E-state index in [1.54, 1.807) is 31.4 Å². The molecule has 0 saturated carbocycles. The standard InChI is InChI=1S/C20H21FN4O4S/c1-14(11-28-2)24-19(12-29-18-9-4-3-8-17(18)21)22-23-20(24)30-13-15-6-5-7-16(10-15)25(26)27/h3-10,14H,11-13H2,1-2H3/t14-/m0/s1. The van der Waals surface area contributed by atoms with Crippen LogP contribution in [0.3, 0.4) is 0 Å². The zero-order chi connectivity index (χ0) is 21.5. The first-order valence-electron chi connectivity index (χ1n) is 9.15. The van der Waals surface area contributed by atoms with E-state index in [0.717, 1.165) is 5.56 Å². The summed E-state index contributed by atoms with van der Waals surface area (Å²) in [7, 11) is 1.60. The van der Waals surface area contributed by atoms with Crippen LogP contribution in [0.1, 0.15) is 24.4 Å². The maximum Gasteiger partial charge on any atom is 0.269 e. The van der Waals surface area contributed by atoms with Crippen molar-refractivity contribution in [2.24, 2.45) is 0 Å². The topological polar surface area (TPSA) is 92.3 Å². The Balaban J connectivity index is 1.77. The van der Waals surface area contributed by atoms with E-state index >= 15 is 0 Å². The van der Waals surface area contributed by atoms with Crippen molar-refractivity contribution in [2.75, 3.05) is 13.7 Å². The van der Waals surface area contributed by atoms with Crippen molar-refractivity contribution < 1.29 is 18.8 Å². The molecule has 0 saturated heterocycles. The highest BCUT2D eigenvalue weighted by Crippen LogP contribution is 2.27. The number of para-hydroxylation sites is 1. The number of nitrogens with zero attached hydrogens (tertiary/aromatic N) is 4. The zero-order valence-corrected chi connectivity index (χ0v) is 17.3. The van der Waals surface area contributed by atoms with E-state index in [0.29, 0.717) is 23.3 Å². The molecule has 0 aliphatic carbocycles. The van der Waals surface area contributed by atoms with E-state index in [1.165, 1.54) is 30.0 Å². The number of hydrogen-bond donors (Lipinski definition) is 0. The highest BCUT2D eigenvalue weighted by atomic mass is 32.2. The van der Waals surface area contributed by atoms with Gasteiger partial charge in [-0.15, -0.1) is 10.2 Å². The van der Waals surface area contributed by atoms with Gasteiger partial charge in [-0.3, -0.25) is 14.7 Å². The molecule has 158 valence electrons. The zero-order valence-electron chi connectivity index (χ0n) is 16.5. The van der Waals surface area contributed by atoms with Crippen LogP contribution in [0.4, 0.5) is 10.1 Å². The number of rotatable bonds is 10. The number of ether oxygens (including phenoxy) is 2. The van der Waals surface area contributed by atoms with Gasteiger partial charge in [0.1, 0.15) is 6.61 Å². The molecule has 3 aromatic rings. The number of aromatic nitrogens is 3. The summed E-state index contributed by atoms with van der Waals surface area (Å²) < 4.78 is 26.6. The Labute approximate surface area is 177 Å². The number of hydrogen-bond acceptors (Lipinski definition) is 7. The predicted octanol–water partition coefficient (Wildman–Crippen LogP) is 4.40. The molecule has 0 spiro atoms. The van der Waals surface area contributed by atoms with Crippen LogP contribution >= 0.6 is 11.8 Å². The van der Waals surface area contributed by atoms with Crippen molar-refractivity contribution in [3.05, 3.63) is 75.9 Å². The van der Waals surface area contributed by atoms with Gasteiger partial charge in [-0.05, 0) is 24.6 Å². The molecular formula is C20H21FN4O4S. The fourth-order valence-corrected chi connectivity index (χ4v) is 3.87. The normalized spacial score (nSPS) is 12.0. The number of nitro benzene ring substituents is 1. The van der Waals surface area contributed by atoms with Crippen molar-refractivity contribution >= 4 is 17.4 Å². The summed E-state index contributed by atoms with van der Waals surface area (Å²) in [6.07, 6.45) is 0. The van der Waals surface area contributed by atoms with Crippen molar-refractivity contribution in [2.45, 2.75) is 30.5 Å². The summed E-state index contributed by atoms with van der Waals surface area (Å²) in [5, 5.41) is 20.0. The summed E-state index contributed by atoms with van der Waals surface area (Å²) in [4.78, 5) is 10.6. The number of methoxy groups -OCH3 is 1. The Morgan fingerprint density at radius 3 is 2.77 bits per heavy atom. The fraction of sp³-hybridized carbons (Fsp3) is 0.300. The van der Waals surface area contributed by atoms with Gasteiger partial charge in [0.05, 0.1) is 17.6 Å². The Kier molecular flexibility index (Phi) is 7.36. The molecule has 1 aromatic heterocycles. The molecule has 30 heavy (non-hydrogen) atoms. The first kappa shape index (κ1) is 21.7. The van der Waals surface area contributed by atoms with Gasteiger partial charge in [0.25, 0.3) is 5.69 Å². The Bertz CT molecular complexity index is 1010. The Morgan fingerprint density at radius 1 is 1.23 bits per heavy atom. The number of non-ortho nitro benzene ring substituents is 1. The smallest absolute Gasteiger partial charge is 0.269 e. The van der Waals surface area contributed by atoms with Crippen LogP contribution in [0, 0.1) is 15.9 Å². The second-order valence-electron chi connectivity index (χ2n) is 6.51. The lowest BCUT2D eigenvalue weighted by atomic mass is 10.2. The molecule has 8 nitrogen and oxygen atoms in total. The molecule has 3 rings (SSSR count). The van der Waals surface area contributed by atoms with Gasteiger partial charge >= 0.3 is 0 Å². The molecule has 0 bridgehead atoms. The quantitative estimate of drug-likeness (QED) is 0.266. The number of thioether (sulfide) groups is 1. The average Bonchev–Trinajstić information content (AvgIpc) is 3.15. The molecule has 0 amide bonds. The van der Waals surface area contributed by atoms with Crippen LogP contribution < -0.4 is 4.74 Å². The lowest BCUT2D eigenvalue weighted by Gasteiger charge is -2.17. The van der Waals surface area contributed by atoms with Crippen molar-refractivity contribution in [1.82, 2.24) is 14.8 Å². The van der Waals surface area contributed by atoms with Gasteiger partial charge in [-0.2, -0.15) is 0 Å². The molecule has 0 N–H and O–H groups in total. The summed E-state index contributed by atoms with van der Waals surface area (Å²) in [6, 6.07) is 12.5. The van der Waals surface area contributed by atoms with Gasteiger partial charge in [-0.25, -0.2) is 4.39 Å². The minimum atomic E-state index is -0.450. The van der Waals surface area contributed by atoms with Crippen LogP contribution in [0.5, 0.6) is 5.75 Å². The maximum atomic E-state index is 13.8. The van der Waals surface area contributed by atoms with Crippen molar-refractivity contribution in [1.29, 1.82) is 0 Å². The third-order valence-electron chi connectivity index (χ3n) is 4.27. The number of nitro groups is 1. The second kappa shape index (κ2) is 10.2. The van der Waals surface area contributed by atoms with E-state index in [1.807, 2.05) is 17.6 Å². The third-order valence-corrected chi connectivity index (χ3v) is 5.28. The fourth-order valence-electron chi connectivity index (χ4n) is 2.87. The van der Waals surface area contributed by atoms with Crippen LogP contribution in [0.25, 0.3) is 0 Å². The van der Waals surface area contributed by atoms with Crippen molar-refractivity contribution in [3.63, 3.8) is 0 Å². The van der Waals surface area contributed by atoms with Crippen LogP contribution in [-0.2, 0) is 17.1 Å². The Hall–Kier alpha value is -2.98. The van der Waals surface area contributed by atoms with Gasteiger partial charge < -0.3 is 9.47 Å². The van der Waals surface area contributed by atoms with Crippen LogP contribution in [-0.4, -0.2) is 33.4 Å². The second-order valence-corrected chi connectivity index (χ2v) is 7.45.